The van der Waals surface area contributed by atoms with Crippen LogP contribution in [0.15, 0.2) is 47.0 Å². The van der Waals surface area contributed by atoms with Crippen LogP contribution >= 0.6 is 22.9 Å². The number of hydrogen-bond donors (Lipinski definition) is 1. The minimum absolute atomic E-state index is 0.129. The summed E-state index contributed by atoms with van der Waals surface area (Å²) in [6, 6.07) is 8.39. The minimum Gasteiger partial charge on any atom is -0.503 e. The normalized spacial score (nSPS) is 17.5. The number of nitrogens with zero attached hydrogens (tertiary/aromatic N) is 1. The van der Waals surface area contributed by atoms with Crippen LogP contribution in [0.4, 0.5) is 5.69 Å². The van der Waals surface area contributed by atoms with Crippen LogP contribution in [-0.4, -0.2) is 16.8 Å². The first-order valence-electron chi connectivity index (χ1n) is 8.41. The molecule has 0 aliphatic carbocycles. The van der Waals surface area contributed by atoms with Crippen LogP contribution in [0.1, 0.15) is 36.8 Å². The van der Waals surface area contributed by atoms with Crippen LogP contribution in [0, 0.1) is 12.8 Å². The summed E-state index contributed by atoms with van der Waals surface area (Å²) >= 11 is 7.69. The van der Waals surface area contributed by atoms with Gasteiger partial charge in [-0.2, -0.15) is 0 Å². The van der Waals surface area contributed by atoms with E-state index in [0.29, 0.717) is 10.7 Å². The lowest BCUT2D eigenvalue weighted by Crippen LogP contribution is -2.31. The highest BCUT2D eigenvalue weighted by molar-refractivity contribution is 7.10. The third-order valence-corrected chi connectivity index (χ3v) is 5.75. The van der Waals surface area contributed by atoms with Crippen LogP contribution in [0.25, 0.3) is 0 Å². The first-order valence-corrected chi connectivity index (χ1v) is 9.67. The van der Waals surface area contributed by atoms with E-state index in [1.807, 2.05) is 38.3 Å². The number of anilines is 1. The van der Waals surface area contributed by atoms with E-state index in [9.17, 15) is 14.7 Å². The number of carbonyl (C=O) groups is 2. The van der Waals surface area contributed by atoms with Gasteiger partial charge in [-0.25, -0.2) is 0 Å². The lowest BCUT2D eigenvalue weighted by Gasteiger charge is -2.27. The smallest absolute Gasteiger partial charge is 0.294 e. The Morgan fingerprint density at radius 3 is 2.65 bits per heavy atom. The molecule has 1 aromatic carbocycles. The Balaban J connectivity index is 2.16. The van der Waals surface area contributed by atoms with Crippen molar-refractivity contribution in [2.75, 3.05) is 4.90 Å². The van der Waals surface area contributed by atoms with E-state index in [1.54, 1.807) is 18.2 Å². The van der Waals surface area contributed by atoms with E-state index in [4.69, 9.17) is 11.6 Å². The van der Waals surface area contributed by atoms with Crippen molar-refractivity contribution in [3.63, 3.8) is 0 Å². The van der Waals surface area contributed by atoms with Crippen molar-refractivity contribution < 1.29 is 14.7 Å². The molecule has 0 fully saturated rings. The quantitative estimate of drug-likeness (QED) is 0.762. The van der Waals surface area contributed by atoms with Gasteiger partial charge in [0.2, 0.25) is 0 Å². The number of carbonyl (C=O) groups excluding carboxylic acids is 2. The second-order valence-corrected chi connectivity index (χ2v) is 8.15. The number of ketones is 1. The minimum atomic E-state index is -0.633. The zero-order valence-corrected chi connectivity index (χ0v) is 16.4. The average Bonchev–Trinajstić information content (AvgIpc) is 3.18. The Morgan fingerprint density at radius 1 is 1.31 bits per heavy atom. The molecular formula is C20H20ClNO3S. The molecule has 0 radical (unpaired) electrons. The number of aliphatic hydroxyl groups is 1. The van der Waals surface area contributed by atoms with Gasteiger partial charge in [0.05, 0.1) is 5.57 Å². The highest BCUT2D eigenvalue weighted by Gasteiger charge is 2.45. The van der Waals surface area contributed by atoms with Crippen LogP contribution in [0.2, 0.25) is 5.02 Å². The van der Waals surface area contributed by atoms with Crippen LogP contribution in [0.3, 0.4) is 0 Å². The zero-order valence-electron chi connectivity index (χ0n) is 14.8. The monoisotopic (exact) mass is 389 g/mol. The molecule has 0 spiro atoms. The Morgan fingerprint density at radius 2 is 2.04 bits per heavy atom. The van der Waals surface area contributed by atoms with E-state index < -0.39 is 17.7 Å². The van der Waals surface area contributed by atoms with Crippen molar-refractivity contribution in [3.8, 4) is 0 Å². The fraction of sp³-hybridized carbons (Fsp3) is 0.300. The van der Waals surface area contributed by atoms with Crippen molar-refractivity contribution in [2.45, 2.75) is 33.2 Å². The Bertz CT molecular complexity index is 886. The third kappa shape index (κ3) is 3.17. The molecule has 1 atom stereocenters. The van der Waals surface area contributed by atoms with Gasteiger partial charge in [0, 0.05) is 22.0 Å². The highest BCUT2D eigenvalue weighted by atomic mass is 35.5. The largest absolute Gasteiger partial charge is 0.503 e. The summed E-state index contributed by atoms with van der Waals surface area (Å²) < 4.78 is 0. The van der Waals surface area contributed by atoms with E-state index in [0.717, 1.165) is 10.4 Å². The van der Waals surface area contributed by atoms with Crippen LogP contribution < -0.4 is 4.90 Å². The zero-order chi connectivity index (χ0) is 19.0. The third-order valence-electron chi connectivity index (χ3n) is 4.41. The first-order chi connectivity index (χ1) is 12.3. The fourth-order valence-electron chi connectivity index (χ4n) is 3.19. The van der Waals surface area contributed by atoms with Gasteiger partial charge >= 0.3 is 0 Å². The maximum Gasteiger partial charge on any atom is 0.294 e. The van der Waals surface area contributed by atoms with Crippen molar-refractivity contribution in [1.29, 1.82) is 0 Å². The van der Waals surface area contributed by atoms with Crippen LogP contribution in [-0.2, 0) is 9.59 Å². The molecular weight excluding hydrogens is 370 g/mol. The molecule has 26 heavy (non-hydrogen) atoms. The predicted octanol–water partition coefficient (Wildman–Crippen LogP) is 5.23. The van der Waals surface area contributed by atoms with E-state index in [-0.39, 0.29) is 23.7 Å². The molecule has 4 nitrogen and oxygen atoms in total. The van der Waals surface area contributed by atoms with Gasteiger partial charge in [0.15, 0.2) is 11.5 Å². The summed E-state index contributed by atoms with van der Waals surface area (Å²) in [6.45, 7) is 5.69. The fourth-order valence-corrected chi connectivity index (χ4v) is 4.19. The summed E-state index contributed by atoms with van der Waals surface area (Å²) in [5.41, 5.74) is 1.50. The first kappa shape index (κ1) is 18.7. The topological polar surface area (TPSA) is 57.6 Å². The van der Waals surface area contributed by atoms with E-state index in [2.05, 4.69) is 0 Å². The van der Waals surface area contributed by atoms with Crippen molar-refractivity contribution in [2.24, 2.45) is 5.92 Å². The predicted molar refractivity (Wildman–Crippen MR) is 105 cm³/mol. The number of halogens is 1. The van der Waals surface area contributed by atoms with Crippen LogP contribution in [0.5, 0.6) is 0 Å². The number of aliphatic hydroxyl groups excluding tert-OH is 1. The summed E-state index contributed by atoms with van der Waals surface area (Å²) in [7, 11) is 0. The molecule has 1 amide bonds. The second kappa shape index (κ2) is 7.25. The van der Waals surface area contributed by atoms with Gasteiger partial charge in [-0.15, -0.1) is 11.3 Å². The Hall–Kier alpha value is -2.11. The van der Waals surface area contributed by atoms with Gasteiger partial charge < -0.3 is 5.11 Å². The number of thiophene rings is 1. The molecule has 1 aliphatic heterocycles. The summed E-state index contributed by atoms with van der Waals surface area (Å²) in [5.74, 6) is -1.11. The lowest BCUT2D eigenvalue weighted by atomic mass is 9.95. The maximum absolute atomic E-state index is 12.9. The maximum atomic E-state index is 12.9. The van der Waals surface area contributed by atoms with Crippen molar-refractivity contribution in [1.82, 2.24) is 0 Å². The lowest BCUT2D eigenvalue weighted by molar-refractivity contribution is -0.118. The van der Waals surface area contributed by atoms with Crippen molar-refractivity contribution in [3.05, 3.63) is 62.5 Å². The molecule has 1 unspecified atom stereocenters. The van der Waals surface area contributed by atoms with Gasteiger partial charge in [0.25, 0.3) is 5.91 Å². The summed E-state index contributed by atoms with van der Waals surface area (Å²) in [6.07, 6.45) is 0.275. The van der Waals surface area contributed by atoms with Gasteiger partial charge in [-0.05, 0) is 42.0 Å². The molecule has 0 saturated heterocycles. The Labute approximate surface area is 161 Å². The molecule has 0 saturated carbocycles. The van der Waals surface area contributed by atoms with Gasteiger partial charge in [0.1, 0.15) is 6.04 Å². The van der Waals surface area contributed by atoms with Gasteiger partial charge in [-0.3, -0.25) is 14.5 Å². The number of hydrogen-bond acceptors (Lipinski definition) is 4. The SMILES string of the molecule is Cc1c(Cl)cccc1N1C(=O)C(O)=C(C(=O)CC(C)C)C1c1cccs1. The highest BCUT2D eigenvalue weighted by Crippen LogP contribution is 2.44. The Kier molecular flexibility index (Phi) is 5.21. The van der Waals surface area contributed by atoms with E-state index >= 15 is 0 Å². The molecule has 2 heterocycles. The standard InChI is InChI=1S/C20H20ClNO3S/c1-11(2)10-15(23)17-18(16-8-5-9-26-16)22(20(25)19(17)24)14-7-4-6-13(21)12(14)3/h4-9,11,18,24H,10H2,1-3H3. The second-order valence-electron chi connectivity index (χ2n) is 6.76. The number of amides is 1. The summed E-state index contributed by atoms with van der Waals surface area (Å²) in [5, 5.41) is 13.0. The number of benzene rings is 1. The number of rotatable bonds is 5. The molecule has 1 aliphatic rings. The summed E-state index contributed by atoms with van der Waals surface area (Å²) in [4.78, 5) is 28.0. The molecule has 2 aromatic rings. The molecule has 0 bridgehead atoms. The van der Waals surface area contributed by atoms with Crippen molar-refractivity contribution >= 4 is 40.3 Å². The van der Waals surface area contributed by atoms with E-state index in [1.165, 1.54) is 16.2 Å². The molecule has 3 rings (SSSR count). The number of Topliss-reactive ketones (excluding diaryl/α,β-unsaturated/α-hetero) is 1. The van der Waals surface area contributed by atoms with Gasteiger partial charge in [-0.1, -0.05) is 37.6 Å². The molecule has 1 aromatic heterocycles. The average molecular weight is 390 g/mol. The molecule has 136 valence electrons. The molecule has 6 heteroatoms. The molecule has 1 N–H and O–H groups in total.